The summed E-state index contributed by atoms with van der Waals surface area (Å²) in [7, 11) is -3.31. The Kier molecular flexibility index (Phi) is 5.53. The summed E-state index contributed by atoms with van der Waals surface area (Å²) < 4.78 is 38.3. The van der Waals surface area contributed by atoms with Gasteiger partial charge in [-0.15, -0.1) is 10.2 Å². The van der Waals surface area contributed by atoms with Gasteiger partial charge in [0.15, 0.2) is 6.54 Å². The summed E-state index contributed by atoms with van der Waals surface area (Å²) in [6.07, 6.45) is 0. The van der Waals surface area contributed by atoms with Crippen LogP contribution in [0.1, 0.15) is 23.0 Å². The van der Waals surface area contributed by atoms with Crippen LogP contribution >= 0.6 is 0 Å². The first-order chi connectivity index (χ1) is 13.9. The van der Waals surface area contributed by atoms with E-state index >= 15 is 0 Å². The molecule has 0 radical (unpaired) electrons. The van der Waals surface area contributed by atoms with E-state index < -0.39 is 10.0 Å². The van der Waals surface area contributed by atoms with E-state index in [1.807, 2.05) is 50.2 Å². The van der Waals surface area contributed by atoms with Crippen LogP contribution in [-0.4, -0.2) is 49.1 Å². The van der Waals surface area contributed by atoms with Gasteiger partial charge >= 0.3 is 0 Å². The number of quaternary nitrogens is 1. The molecule has 0 saturated carbocycles. The number of benzene rings is 1. The highest BCUT2D eigenvalue weighted by Crippen LogP contribution is 2.25. The number of sulfonamides is 1. The summed E-state index contributed by atoms with van der Waals surface area (Å²) >= 11 is 0. The lowest BCUT2D eigenvalue weighted by Crippen LogP contribution is -3.13. The minimum absolute atomic E-state index is 0.0413. The molecule has 0 unspecified atom stereocenters. The third-order valence-electron chi connectivity index (χ3n) is 5.15. The number of nitrogens with one attached hydrogen (secondary N) is 1. The number of hydrogen-bond acceptors (Lipinski definition) is 6. The fourth-order valence-corrected chi connectivity index (χ4v) is 5.16. The molecule has 154 valence electrons. The summed E-state index contributed by atoms with van der Waals surface area (Å²) in [6, 6.07) is 11.2. The van der Waals surface area contributed by atoms with Crippen molar-refractivity contribution < 1.29 is 22.2 Å². The largest absolute Gasteiger partial charge is 0.466 e. The van der Waals surface area contributed by atoms with Crippen LogP contribution in [0.3, 0.4) is 0 Å². The lowest BCUT2D eigenvalue weighted by molar-refractivity contribution is -0.918. The number of rotatable bonds is 6. The molecule has 1 aliphatic rings. The average Bonchev–Trinajstić information content (AvgIpc) is 3.28. The van der Waals surface area contributed by atoms with Gasteiger partial charge in [0.05, 0.1) is 37.5 Å². The van der Waals surface area contributed by atoms with Crippen LogP contribution in [0.4, 0.5) is 0 Å². The zero-order valence-electron chi connectivity index (χ0n) is 16.6. The van der Waals surface area contributed by atoms with Crippen molar-refractivity contribution in [3.63, 3.8) is 0 Å². The average molecular weight is 418 g/mol. The minimum atomic E-state index is -3.31. The van der Waals surface area contributed by atoms with E-state index in [-0.39, 0.29) is 5.75 Å². The summed E-state index contributed by atoms with van der Waals surface area (Å²) in [5.41, 5.74) is 1.62. The van der Waals surface area contributed by atoms with Crippen molar-refractivity contribution >= 4 is 10.0 Å². The number of nitrogens with zero attached hydrogens (tertiary/aromatic N) is 3. The van der Waals surface area contributed by atoms with Gasteiger partial charge in [-0.05, 0) is 25.5 Å². The molecule has 3 heterocycles. The lowest BCUT2D eigenvalue weighted by atomic mass is 10.2. The maximum absolute atomic E-state index is 12.7. The molecule has 1 aliphatic heterocycles. The Balaban J connectivity index is 1.34. The van der Waals surface area contributed by atoms with Crippen molar-refractivity contribution in [3.8, 4) is 11.5 Å². The molecule has 0 bridgehead atoms. The number of aromatic nitrogens is 2. The molecule has 1 saturated heterocycles. The molecule has 8 nitrogen and oxygen atoms in total. The highest BCUT2D eigenvalue weighted by atomic mass is 32.2. The topological polar surface area (TPSA) is 93.9 Å². The standard InChI is InChI=1S/C20H24N4O4S/c1-15-12-18(16(2)27-15)20-22-21-19(28-20)13-23-8-10-24(11-9-23)29(25,26)14-17-6-4-3-5-7-17/h3-7,12H,8-11,13-14H2,1-2H3/p+1. The van der Waals surface area contributed by atoms with Crippen molar-refractivity contribution in [2.45, 2.75) is 26.1 Å². The van der Waals surface area contributed by atoms with E-state index in [2.05, 4.69) is 10.2 Å². The van der Waals surface area contributed by atoms with Gasteiger partial charge in [-0.1, -0.05) is 30.3 Å². The first-order valence-corrected chi connectivity index (χ1v) is 11.3. The van der Waals surface area contributed by atoms with Crippen molar-refractivity contribution in [1.82, 2.24) is 14.5 Å². The van der Waals surface area contributed by atoms with Crippen LogP contribution in [0.5, 0.6) is 0 Å². The first kappa shape index (κ1) is 19.8. The van der Waals surface area contributed by atoms with Crippen molar-refractivity contribution in [1.29, 1.82) is 0 Å². The molecule has 1 N–H and O–H groups in total. The Morgan fingerprint density at radius 3 is 2.45 bits per heavy atom. The van der Waals surface area contributed by atoms with Crippen molar-refractivity contribution in [2.75, 3.05) is 26.2 Å². The SMILES string of the molecule is Cc1cc(-c2nnc(C[NH+]3CCN(S(=O)(=O)Cc4ccccc4)CC3)o2)c(C)o1. The summed E-state index contributed by atoms with van der Waals surface area (Å²) in [5.74, 6) is 2.60. The number of hydrogen-bond donors (Lipinski definition) is 1. The Morgan fingerprint density at radius 2 is 1.79 bits per heavy atom. The van der Waals surface area contributed by atoms with Crippen molar-refractivity contribution in [3.05, 3.63) is 59.4 Å². The Hall–Kier alpha value is -2.49. The molecule has 0 amide bonds. The molecule has 0 aliphatic carbocycles. The predicted octanol–water partition coefficient (Wildman–Crippen LogP) is 1.18. The molecular formula is C20H25N4O4S+. The molecule has 1 aromatic carbocycles. The smallest absolute Gasteiger partial charge is 0.271 e. The lowest BCUT2D eigenvalue weighted by Gasteiger charge is -2.30. The Morgan fingerprint density at radius 1 is 1.07 bits per heavy atom. The fourth-order valence-electron chi connectivity index (χ4n) is 3.62. The second-order valence-corrected chi connectivity index (χ2v) is 9.36. The van der Waals surface area contributed by atoms with Gasteiger partial charge in [0.1, 0.15) is 11.5 Å². The number of piperazine rings is 1. The van der Waals surface area contributed by atoms with Gasteiger partial charge in [-0.3, -0.25) is 0 Å². The third-order valence-corrected chi connectivity index (χ3v) is 7.00. The third kappa shape index (κ3) is 4.58. The maximum atomic E-state index is 12.7. The molecule has 9 heteroatoms. The van der Waals surface area contributed by atoms with Gasteiger partial charge in [0, 0.05) is 0 Å². The van der Waals surface area contributed by atoms with Crippen LogP contribution in [0, 0.1) is 13.8 Å². The van der Waals surface area contributed by atoms with E-state index in [4.69, 9.17) is 8.83 Å². The van der Waals surface area contributed by atoms with Crippen LogP contribution < -0.4 is 4.90 Å². The highest BCUT2D eigenvalue weighted by molar-refractivity contribution is 7.88. The van der Waals surface area contributed by atoms with Crippen LogP contribution in [0.2, 0.25) is 0 Å². The van der Waals surface area contributed by atoms with Gasteiger partial charge in [0.2, 0.25) is 10.0 Å². The molecule has 2 aromatic heterocycles. The van der Waals surface area contributed by atoms with Gasteiger partial charge < -0.3 is 13.7 Å². The van der Waals surface area contributed by atoms with E-state index in [0.717, 1.165) is 22.6 Å². The van der Waals surface area contributed by atoms with Gasteiger partial charge in [-0.25, -0.2) is 8.42 Å². The van der Waals surface area contributed by atoms with E-state index in [9.17, 15) is 8.42 Å². The highest BCUT2D eigenvalue weighted by Gasteiger charge is 2.30. The second-order valence-electron chi connectivity index (χ2n) is 7.40. The first-order valence-electron chi connectivity index (χ1n) is 9.66. The van der Waals surface area contributed by atoms with Crippen LogP contribution in [0.25, 0.3) is 11.5 Å². The van der Waals surface area contributed by atoms with E-state index in [1.165, 1.54) is 4.90 Å². The molecule has 29 heavy (non-hydrogen) atoms. The molecule has 3 aromatic rings. The van der Waals surface area contributed by atoms with Crippen LogP contribution in [-0.2, 0) is 22.3 Å². The van der Waals surface area contributed by atoms with Gasteiger partial charge in [-0.2, -0.15) is 4.31 Å². The molecule has 0 atom stereocenters. The van der Waals surface area contributed by atoms with E-state index in [1.54, 1.807) is 4.31 Å². The molecule has 1 fully saturated rings. The minimum Gasteiger partial charge on any atom is -0.466 e. The summed E-state index contributed by atoms with van der Waals surface area (Å²) in [4.78, 5) is 1.23. The zero-order valence-corrected chi connectivity index (χ0v) is 17.4. The molecule has 4 rings (SSSR count). The Bertz CT molecular complexity index is 1070. The Labute approximate surface area is 170 Å². The molecule has 0 spiro atoms. The summed E-state index contributed by atoms with van der Waals surface area (Å²) in [5, 5.41) is 8.28. The fraction of sp³-hybridized carbons (Fsp3) is 0.400. The van der Waals surface area contributed by atoms with E-state index in [0.29, 0.717) is 44.5 Å². The quantitative estimate of drug-likeness (QED) is 0.647. The normalized spacial score (nSPS) is 16.3. The number of aryl methyl sites for hydroxylation is 2. The second kappa shape index (κ2) is 8.10. The maximum Gasteiger partial charge on any atom is 0.271 e. The molecular weight excluding hydrogens is 392 g/mol. The summed E-state index contributed by atoms with van der Waals surface area (Å²) in [6.45, 7) is 6.72. The number of furan rings is 1. The van der Waals surface area contributed by atoms with Crippen LogP contribution in [0.15, 0.2) is 45.2 Å². The van der Waals surface area contributed by atoms with Crippen molar-refractivity contribution in [2.24, 2.45) is 0 Å². The van der Waals surface area contributed by atoms with Gasteiger partial charge in [0.25, 0.3) is 11.8 Å². The predicted molar refractivity (Wildman–Crippen MR) is 107 cm³/mol. The monoisotopic (exact) mass is 417 g/mol. The zero-order chi connectivity index (χ0) is 20.4.